The molecule has 0 radical (unpaired) electrons. The molecule has 2 N–H and O–H groups in total. The Balaban J connectivity index is 1.85. The van der Waals surface area contributed by atoms with Gasteiger partial charge in [-0.2, -0.15) is 0 Å². The van der Waals surface area contributed by atoms with Gasteiger partial charge in [-0.3, -0.25) is 4.79 Å². The molecule has 5 heteroatoms. The standard InChI is InChI=1S/C18H18ClFN2O/c1-11-2-7-15(10-16(11)19)21-17(18(23)22-14-8-9-14)12-3-5-13(20)6-4-12/h2-7,10,14,17,21H,8-9H2,1H3,(H,22,23)/t17-/m0/s1. The molecule has 3 nitrogen and oxygen atoms in total. The number of amides is 1. The summed E-state index contributed by atoms with van der Waals surface area (Å²) >= 11 is 6.15. The second-order valence-electron chi connectivity index (χ2n) is 5.88. The normalized spacial score (nSPS) is 15.1. The van der Waals surface area contributed by atoms with Gasteiger partial charge in [0.25, 0.3) is 0 Å². The van der Waals surface area contributed by atoms with Crippen LogP contribution < -0.4 is 10.6 Å². The minimum atomic E-state index is -0.588. The Labute approximate surface area is 139 Å². The molecular formula is C18H18ClFN2O. The Morgan fingerprint density at radius 3 is 2.52 bits per heavy atom. The number of hydrogen-bond acceptors (Lipinski definition) is 2. The number of carbonyl (C=O) groups excluding carboxylic acids is 1. The molecule has 0 aromatic heterocycles. The van der Waals surface area contributed by atoms with E-state index in [1.807, 2.05) is 19.1 Å². The first kappa shape index (κ1) is 15.8. The third kappa shape index (κ3) is 4.02. The molecule has 1 atom stereocenters. The lowest BCUT2D eigenvalue weighted by Gasteiger charge is -2.20. The van der Waals surface area contributed by atoms with Crippen molar-refractivity contribution in [2.75, 3.05) is 5.32 Å². The van der Waals surface area contributed by atoms with Crippen molar-refractivity contribution in [3.63, 3.8) is 0 Å². The molecule has 1 fully saturated rings. The van der Waals surface area contributed by atoms with Gasteiger partial charge in [-0.05, 0) is 55.2 Å². The van der Waals surface area contributed by atoms with Crippen LogP contribution in [0.1, 0.15) is 30.0 Å². The number of benzene rings is 2. The largest absolute Gasteiger partial charge is 0.370 e. The Bertz CT molecular complexity index is 713. The first-order chi connectivity index (χ1) is 11.0. The molecule has 0 bridgehead atoms. The summed E-state index contributed by atoms with van der Waals surface area (Å²) in [6, 6.07) is 11.2. The van der Waals surface area contributed by atoms with Crippen LogP contribution >= 0.6 is 11.6 Å². The molecule has 0 heterocycles. The lowest BCUT2D eigenvalue weighted by atomic mass is 10.1. The fraction of sp³-hybridized carbons (Fsp3) is 0.278. The number of carbonyl (C=O) groups is 1. The van der Waals surface area contributed by atoms with Crippen LogP contribution in [0.3, 0.4) is 0 Å². The molecule has 0 spiro atoms. The number of nitrogens with one attached hydrogen (secondary N) is 2. The fourth-order valence-corrected chi connectivity index (χ4v) is 2.50. The molecule has 1 aliphatic carbocycles. The molecule has 1 aliphatic rings. The summed E-state index contributed by atoms with van der Waals surface area (Å²) in [7, 11) is 0. The van der Waals surface area contributed by atoms with Crippen molar-refractivity contribution in [3.8, 4) is 0 Å². The highest BCUT2D eigenvalue weighted by atomic mass is 35.5. The number of anilines is 1. The highest BCUT2D eigenvalue weighted by molar-refractivity contribution is 6.31. The van der Waals surface area contributed by atoms with Gasteiger partial charge in [0.15, 0.2) is 0 Å². The van der Waals surface area contributed by atoms with Crippen LogP contribution in [0.25, 0.3) is 0 Å². The van der Waals surface area contributed by atoms with Gasteiger partial charge in [0, 0.05) is 16.8 Å². The van der Waals surface area contributed by atoms with E-state index in [-0.39, 0.29) is 17.8 Å². The molecule has 2 aromatic carbocycles. The van der Waals surface area contributed by atoms with Crippen LogP contribution in [0.5, 0.6) is 0 Å². The lowest BCUT2D eigenvalue weighted by molar-refractivity contribution is -0.122. The third-order valence-electron chi connectivity index (χ3n) is 3.87. The van der Waals surface area contributed by atoms with E-state index < -0.39 is 6.04 Å². The van der Waals surface area contributed by atoms with Gasteiger partial charge in [0.2, 0.25) is 5.91 Å². The Hall–Kier alpha value is -2.07. The van der Waals surface area contributed by atoms with Crippen molar-refractivity contribution in [3.05, 3.63) is 64.4 Å². The molecule has 23 heavy (non-hydrogen) atoms. The second-order valence-corrected chi connectivity index (χ2v) is 6.28. The molecule has 0 aliphatic heterocycles. The molecule has 3 rings (SSSR count). The van der Waals surface area contributed by atoms with Gasteiger partial charge >= 0.3 is 0 Å². The molecule has 120 valence electrons. The maximum Gasteiger partial charge on any atom is 0.247 e. The summed E-state index contributed by atoms with van der Waals surface area (Å²) in [6.07, 6.45) is 2.02. The van der Waals surface area contributed by atoms with Crippen molar-refractivity contribution >= 4 is 23.2 Å². The highest BCUT2D eigenvalue weighted by Crippen LogP contribution is 2.26. The van der Waals surface area contributed by atoms with Gasteiger partial charge in [0.05, 0.1) is 0 Å². The number of aryl methyl sites for hydroxylation is 1. The minimum absolute atomic E-state index is 0.115. The van der Waals surface area contributed by atoms with Crippen molar-refractivity contribution in [2.24, 2.45) is 0 Å². The summed E-state index contributed by atoms with van der Waals surface area (Å²) in [5, 5.41) is 6.82. The number of rotatable bonds is 5. The van der Waals surface area contributed by atoms with Crippen molar-refractivity contribution in [1.82, 2.24) is 5.32 Å². The smallest absolute Gasteiger partial charge is 0.247 e. The molecular weight excluding hydrogens is 315 g/mol. The van der Waals surface area contributed by atoms with Crippen molar-refractivity contribution in [2.45, 2.75) is 31.8 Å². The van der Waals surface area contributed by atoms with Gasteiger partial charge in [-0.25, -0.2) is 4.39 Å². The molecule has 0 unspecified atom stereocenters. The first-order valence-electron chi connectivity index (χ1n) is 7.61. The zero-order valence-electron chi connectivity index (χ0n) is 12.8. The first-order valence-corrected chi connectivity index (χ1v) is 7.99. The van der Waals surface area contributed by atoms with E-state index in [1.165, 1.54) is 12.1 Å². The Kier molecular flexibility index (Phi) is 4.53. The third-order valence-corrected chi connectivity index (χ3v) is 4.28. The predicted octanol–water partition coefficient (Wildman–Crippen LogP) is 4.22. The fourth-order valence-electron chi connectivity index (χ4n) is 2.32. The van der Waals surface area contributed by atoms with Gasteiger partial charge in [-0.15, -0.1) is 0 Å². The maximum atomic E-state index is 13.2. The van der Waals surface area contributed by atoms with E-state index in [0.29, 0.717) is 10.6 Å². The van der Waals surface area contributed by atoms with Gasteiger partial charge in [-0.1, -0.05) is 29.8 Å². The van der Waals surface area contributed by atoms with E-state index in [4.69, 9.17) is 11.6 Å². The Morgan fingerprint density at radius 1 is 1.22 bits per heavy atom. The molecule has 0 saturated heterocycles. The van der Waals surface area contributed by atoms with Gasteiger partial charge < -0.3 is 10.6 Å². The van der Waals surface area contributed by atoms with E-state index in [1.54, 1.807) is 18.2 Å². The molecule has 1 amide bonds. The topological polar surface area (TPSA) is 41.1 Å². The van der Waals surface area contributed by atoms with E-state index in [9.17, 15) is 9.18 Å². The van der Waals surface area contributed by atoms with Crippen LogP contribution in [-0.2, 0) is 4.79 Å². The van der Waals surface area contributed by atoms with E-state index >= 15 is 0 Å². The maximum absolute atomic E-state index is 13.2. The monoisotopic (exact) mass is 332 g/mol. The Morgan fingerprint density at radius 2 is 1.91 bits per heavy atom. The van der Waals surface area contributed by atoms with Crippen LogP contribution in [0.2, 0.25) is 5.02 Å². The quantitative estimate of drug-likeness (QED) is 0.860. The lowest BCUT2D eigenvalue weighted by Crippen LogP contribution is -2.34. The van der Waals surface area contributed by atoms with Gasteiger partial charge in [0.1, 0.15) is 11.9 Å². The van der Waals surface area contributed by atoms with Crippen LogP contribution in [0.4, 0.5) is 10.1 Å². The SMILES string of the molecule is Cc1ccc(N[C@H](C(=O)NC2CC2)c2ccc(F)cc2)cc1Cl. The van der Waals surface area contributed by atoms with Crippen molar-refractivity contribution < 1.29 is 9.18 Å². The second kappa shape index (κ2) is 6.59. The number of halogens is 2. The van der Waals surface area contributed by atoms with Crippen LogP contribution in [-0.4, -0.2) is 11.9 Å². The summed E-state index contributed by atoms with van der Waals surface area (Å²) in [6.45, 7) is 1.92. The zero-order chi connectivity index (χ0) is 16.4. The van der Waals surface area contributed by atoms with E-state index in [0.717, 1.165) is 24.1 Å². The molecule has 2 aromatic rings. The predicted molar refractivity (Wildman–Crippen MR) is 90.1 cm³/mol. The summed E-state index contributed by atoms with van der Waals surface area (Å²) in [5.74, 6) is -0.440. The summed E-state index contributed by atoms with van der Waals surface area (Å²) < 4.78 is 13.2. The summed E-state index contributed by atoms with van der Waals surface area (Å²) in [4.78, 5) is 12.5. The summed E-state index contributed by atoms with van der Waals surface area (Å²) in [5.41, 5.74) is 2.43. The number of hydrogen-bond donors (Lipinski definition) is 2. The zero-order valence-corrected chi connectivity index (χ0v) is 13.5. The van der Waals surface area contributed by atoms with Crippen LogP contribution in [0.15, 0.2) is 42.5 Å². The molecule has 1 saturated carbocycles. The van der Waals surface area contributed by atoms with Crippen LogP contribution in [0, 0.1) is 12.7 Å². The average molecular weight is 333 g/mol. The van der Waals surface area contributed by atoms with Crippen molar-refractivity contribution in [1.29, 1.82) is 0 Å². The minimum Gasteiger partial charge on any atom is -0.370 e. The highest BCUT2D eigenvalue weighted by Gasteiger charge is 2.28. The van der Waals surface area contributed by atoms with E-state index in [2.05, 4.69) is 10.6 Å². The average Bonchev–Trinajstić information content (AvgIpc) is 3.33.